The van der Waals surface area contributed by atoms with Crippen molar-refractivity contribution in [3.05, 3.63) is 0 Å². The molecule has 10 heavy (non-hydrogen) atoms. The van der Waals surface area contributed by atoms with Crippen LogP contribution in [0.2, 0.25) is 0 Å². The first-order chi connectivity index (χ1) is 4.93. The zero-order valence-electron chi connectivity index (χ0n) is 6.08. The molecule has 0 radical (unpaired) electrons. The summed E-state index contributed by atoms with van der Waals surface area (Å²) in [6.07, 6.45) is 3.96. The van der Waals surface area contributed by atoms with Gasteiger partial charge in [0.15, 0.2) is 0 Å². The molecular weight excluding hydrogens is 148 g/mol. The maximum atomic E-state index is 5.42. The van der Waals surface area contributed by atoms with E-state index in [2.05, 4.69) is 12.6 Å². The molecule has 0 N–H and O–H groups in total. The van der Waals surface area contributed by atoms with Gasteiger partial charge in [0, 0.05) is 6.61 Å². The summed E-state index contributed by atoms with van der Waals surface area (Å²) in [5.74, 6) is 0.500. The molecule has 1 aliphatic rings. The highest BCUT2D eigenvalue weighted by molar-refractivity contribution is 7.80. The van der Waals surface area contributed by atoms with Crippen LogP contribution in [0, 0.1) is 0 Å². The average Bonchev–Trinajstić information content (AvgIpc) is 2.03. The van der Waals surface area contributed by atoms with E-state index in [0.717, 1.165) is 13.0 Å². The van der Waals surface area contributed by atoms with Gasteiger partial charge in [0.25, 0.3) is 0 Å². The Morgan fingerprint density at radius 1 is 1.50 bits per heavy atom. The van der Waals surface area contributed by atoms with Crippen LogP contribution < -0.4 is 0 Å². The molecule has 1 atom stereocenters. The van der Waals surface area contributed by atoms with Crippen molar-refractivity contribution in [1.82, 2.24) is 0 Å². The van der Waals surface area contributed by atoms with Crippen LogP contribution in [-0.2, 0) is 9.47 Å². The lowest BCUT2D eigenvalue weighted by molar-refractivity contribution is -0.0315. The Hall–Kier alpha value is 0.270. The molecule has 1 fully saturated rings. The molecule has 3 heteroatoms. The fourth-order valence-corrected chi connectivity index (χ4v) is 1.23. The Morgan fingerprint density at radius 2 is 2.40 bits per heavy atom. The van der Waals surface area contributed by atoms with E-state index < -0.39 is 0 Å². The Balaban J connectivity index is 2.02. The summed E-state index contributed by atoms with van der Waals surface area (Å²) >= 11 is 3.94. The molecule has 0 aromatic carbocycles. The van der Waals surface area contributed by atoms with E-state index in [1.165, 1.54) is 12.8 Å². The second kappa shape index (κ2) is 4.99. The topological polar surface area (TPSA) is 18.5 Å². The Kier molecular flexibility index (Phi) is 4.18. The average molecular weight is 162 g/mol. The van der Waals surface area contributed by atoms with E-state index in [1.807, 2.05) is 0 Å². The van der Waals surface area contributed by atoms with Crippen LogP contribution in [0.15, 0.2) is 0 Å². The molecule has 0 aromatic heterocycles. The summed E-state index contributed by atoms with van der Waals surface area (Å²) in [5, 5.41) is 0. The summed E-state index contributed by atoms with van der Waals surface area (Å²) in [7, 11) is 0. The van der Waals surface area contributed by atoms with Crippen molar-refractivity contribution in [2.24, 2.45) is 0 Å². The molecule has 0 aromatic rings. The first-order valence-corrected chi connectivity index (χ1v) is 4.37. The third kappa shape index (κ3) is 2.90. The smallest absolute Gasteiger partial charge is 0.0893 e. The summed E-state index contributed by atoms with van der Waals surface area (Å²) in [4.78, 5) is 0. The molecular formula is C7H14O2S. The van der Waals surface area contributed by atoms with Crippen LogP contribution in [0.5, 0.6) is 0 Å². The van der Waals surface area contributed by atoms with Crippen LogP contribution in [-0.4, -0.2) is 25.3 Å². The van der Waals surface area contributed by atoms with Crippen LogP contribution >= 0.6 is 12.6 Å². The molecule has 0 saturated carbocycles. The van der Waals surface area contributed by atoms with Crippen molar-refractivity contribution in [3.63, 3.8) is 0 Å². The fraction of sp³-hybridized carbons (Fsp3) is 1.00. The SMILES string of the molecule is SCOCC1CCCCO1. The zero-order chi connectivity index (χ0) is 7.23. The summed E-state index contributed by atoms with van der Waals surface area (Å²) in [6, 6.07) is 0. The number of hydrogen-bond acceptors (Lipinski definition) is 3. The lowest BCUT2D eigenvalue weighted by atomic mass is 10.1. The largest absolute Gasteiger partial charge is 0.376 e. The van der Waals surface area contributed by atoms with Gasteiger partial charge < -0.3 is 9.47 Å². The van der Waals surface area contributed by atoms with Crippen molar-refractivity contribution >= 4 is 12.6 Å². The number of ether oxygens (including phenoxy) is 2. The molecule has 0 amide bonds. The monoisotopic (exact) mass is 162 g/mol. The van der Waals surface area contributed by atoms with Gasteiger partial charge in [-0.2, -0.15) is 12.6 Å². The number of hydrogen-bond donors (Lipinski definition) is 1. The summed E-state index contributed by atoms with van der Waals surface area (Å²) < 4.78 is 10.5. The molecule has 1 rings (SSSR count). The number of rotatable bonds is 3. The lowest BCUT2D eigenvalue weighted by Crippen LogP contribution is -2.24. The highest BCUT2D eigenvalue weighted by atomic mass is 32.1. The van der Waals surface area contributed by atoms with E-state index in [9.17, 15) is 0 Å². The first-order valence-electron chi connectivity index (χ1n) is 3.73. The van der Waals surface area contributed by atoms with Gasteiger partial charge in [-0.25, -0.2) is 0 Å². The Morgan fingerprint density at radius 3 is 3.00 bits per heavy atom. The summed E-state index contributed by atoms with van der Waals surface area (Å²) in [5.41, 5.74) is 0. The second-order valence-electron chi connectivity index (χ2n) is 2.49. The van der Waals surface area contributed by atoms with Gasteiger partial charge in [-0.3, -0.25) is 0 Å². The van der Waals surface area contributed by atoms with Gasteiger partial charge in [0.1, 0.15) is 0 Å². The maximum Gasteiger partial charge on any atom is 0.0893 e. The van der Waals surface area contributed by atoms with Crippen molar-refractivity contribution in [1.29, 1.82) is 0 Å². The van der Waals surface area contributed by atoms with Crippen molar-refractivity contribution in [2.45, 2.75) is 25.4 Å². The molecule has 1 saturated heterocycles. The standard InChI is InChI=1S/C7H14O2S/c10-6-8-5-7-3-1-2-4-9-7/h7,10H,1-6H2. The Bertz CT molecular complexity index is 81.7. The maximum absolute atomic E-state index is 5.42. The van der Waals surface area contributed by atoms with Crippen LogP contribution in [0.1, 0.15) is 19.3 Å². The van der Waals surface area contributed by atoms with Gasteiger partial charge in [0.2, 0.25) is 0 Å². The minimum atomic E-state index is 0.334. The molecule has 0 aliphatic carbocycles. The van der Waals surface area contributed by atoms with Gasteiger partial charge in [-0.15, -0.1) is 0 Å². The quantitative estimate of drug-likeness (QED) is 0.500. The van der Waals surface area contributed by atoms with Crippen LogP contribution in [0.3, 0.4) is 0 Å². The van der Waals surface area contributed by atoms with E-state index in [0.29, 0.717) is 18.6 Å². The lowest BCUT2D eigenvalue weighted by Gasteiger charge is -2.21. The zero-order valence-corrected chi connectivity index (χ0v) is 6.98. The van der Waals surface area contributed by atoms with Crippen LogP contribution in [0.4, 0.5) is 0 Å². The molecule has 2 nitrogen and oxygen atoms in total. The third-order valence-corrected chi connectivity index (χ3v) is 1.85. The van der Waals surface area contributed by atoms with E-state index in [1.54, 1.807) is 0 Å². The van der Waals surface area contributed by atoms with Crippen molar-refractivity contribution in [3.8, 4) is 0 Å². The molecule has 0 bridgehead atoms. The minimum absolute atomic E-state index is 0.334. The predicted octanol–water partition coefficient (Wildman–Crippen LogP) is 1.46. The van der Waals surface area contributed by atoms with Gasteiger partial charge in [0.05, 0.1) is 18.6 Å². The molecule has 1 unspecified atom stereocenters. The normalized spacial score (nSPS) is 26.7. The first kappa shape index (κ1) is 8.37. The van der Waals surface area contributed by atoms with Gasteiger partial charge in [-0.1, -0.05) is 0 Å². The molecule has 1 heterocycles. The van der Waals surface area contributed by atoms with Crippen LogP contribution in [0.25, 0.3) is 0 Å². The highest BCUT2D eigenvalue weighted by Gasteiger charge is 2.12. The molecule has 60 valence electrons. The van der Waals surface area contributed by atoms with E-state index in [-0.39, 0.29) is 0 Å². The summed E-state index contributed by atoms with van der Waals surface area (Å²) in [6.45, 7) is 1.62. The highest BCUT2D eigenvalue weighted by Crippen LogP contribution is 2.12. The van der Waals surface area contributed by atoms with Gasteiger partial charge in [-0.05, 0) is 19.3 Å². The number of thiol groups is 1. The van der Waals surface area contributed by atoms with E-state index in [4.69, 9.17) is 9.47 Å². The van der Waals surface area contributed by atoms with E-state index >= 15 is 0 Å². The second-order valence-corrected chi connectivity index (χ2v) is 2.75. The van der Waals surface area contributed by atoms with Crippen molar-refractivity contribution in [2.75, 3.05) is 19.2 Å². The molecule has 1 aliphatic heterocycles. The minimum Gasteiger partial charge on any atom is -0.376 e. The third-order valence-electron chi connectivity index (χ3n) is 1.67. The Labute approximate surface area is 67.3 Å². The van der Waals surface area contributed by atoms with Crippen molar-refractivity contribution < 1.29 is 9.47 Å². The predicted molar refractivity (Wildman–Crippen MR) is 43.4 cm³/mol. The molecule has 0 spiro atoms. The fourth-order valence-electron chi connectivity index (χ4n) is 1.12. The van der Waals surface area contributed by atoms with Gasteiger partial charge >= 0.3 is 0 Å².